The summed E-state index contributed by atoms with van der Waals surface area (Å²) in [4.78, 5) is 137. The largest absolute Gasteiger partial charge is 0.495 e. The summed E-state index contributed by atoms with van der Waals surface area (Å²) >= 11 is 6.86. The Hall–Kier alpha value is -7.87. The highest BCUT2D eigenvalue weighted by Gasteiger charge is 2.64. The number of hydrogen-bond donors (Lipinski definition) is 7. The van der Waals surface area contributed by atoms with Crippen molar-refractivity contribution in [1.29, 1.82) is 0 Å². The average Bonchev–Trinajstić information content (AvgIpc) is 1.70. The zero-order valence-electron chi connectivity index (χ0n) is 50.2. The van der Waals surface area contributed by atoms with Crippen LogP contribution in [0, 0.1) is 11.8 Å². The molecule has 2 saturated heterocycles. The number of imide groups is 1. The van der Waals surface area contributed by atoms with Crippen LogP contribution in [0.25, 0.3) is 0 Å². The molecule has 0 radical (unpaired) electrons. The summed E-state index contributed by atoms with van der Waals surface area (Å²) in [6.45, 7) is 10.3. The van der Waals surface area contributed by atoms with E-state index in [9.17, 15) is 53.1 Å². The SMILES string of the molecule is COc1cc2cc(c1Cl)N(C)C(=O)C[C@H](OC(=O)[C@H](C)N(C)C(=O)c1ccccc1NC(=O)[C@H](CCCNC(N)=O)NC(=O)[C@@H](NC(=O)CCCCCN1C(=O)C=CC1=O)C(C)C)[C@]1(C)O[C@H]1[C@H](C)[C@@H]1C[C@@](O)(NC(=O)O1)[C@H](OC)/C=C/C=C(\C)C2. The normalized spacial score (nSPS) is 25.0. The zero-order chi connectivity index (χ0) is 63.4. The Bertz CT molecular complexity index is 2990. The van der Waals surface area contributed by atoms with Crippen LogP contribution < -0.4 is 42.0 Å². The van der Waals surface area contributed by atoms with Gasteiger partial charge >= 0.3 is 18.1 Å². The zero-order valence-corrected chi connectivity index (χ0v) is 50.9. The number of primary amides is 1. The number of aliphatic hydroxyl groups is 1. The molecular weight excluding hydrogens is 1140 g/mol. The average molecular weight is 1220 g/mol. The van der Waals surface area contributed by atoms with Crippen LogP contribution in [-0.2, 0) is 58.9 Å². The second-order valence-corrected chi connectivity index (χ2v) is 23.0. The topological polar surface area (TPSA) is 336 Å². The highest BCUT2D eigenvalue weighted by molar-refractivity contribution is 6.35. The van der Waals surface area contributed by atoms with E-state index in [-0.39, 0.29) is 55.0 Å². The molecule has 0 aromatic heterocycles. The third-order valence-corrected chi connectivity index (χ3v) is 16.3. The van der Waals surface area contributed by atoms with Gasteiger partial charge in [0, 0.05) is 65.2 Å². The number of nitrogens with one attached hydrogen (secondary N) is 5. The van der Waals surface area contributed by atoms with Crippen molar-refractivity contribution in [2.24, 2.45) is 17.6 Å². The van der Waals surface area contributed by atoms with Gasteiger partial charge in [-0.3, -0.25) is 43.8 Å². The molecule has 0 saturated carbocycles. The molecular formula is C60H80ClN9O16. The second-order valence-electron chi connectivity index (χ2n) is 22.6. The highest BCUT2D eigenvalue weighted by Crippen LogP contribution is 2.49. The van der Waals surface area contributed by atoms with Crippen LogP contribution in [0.4, 0.5) is 21.0 Å². The molecule has 4 bridgehead atoms. The molecule has 4 heterocycles. The number of alkyl carbamates (subject to hydrolysis) is 1. The lowest BCUT2D eigenvalue weighted by Gasteiger charge is -2.42. The fraction of sp³-hybridized carbons (Fsp3) is 0.533. The molecule has 2 aromatic rings. The number of nitrogens with zero attached hydrogens (tertiary/aromatic N) is 3. The predicted molar refractivity (Wildman–Crippen MR) is 315 cm³/mol. The summed E-state index contributed by atoms with van der Waals surface area (Å²) in [5.41, 5.74) is 3.76. The number of epoxide rings is 1. The van der Waals surface area contributed by atoms with Crippen LogP contribution in [0.2, 0.25) is 5.02 Å². The lowest BCUT2D eigenvalue weighted by atomic mass is 9.83. The van der Waals surface area contributed by atoms with Gasteiger partial charge in [0.05, 0.1) is 36.6 Å². The Morgan fingerprint density at radius 3 is 2.34 bits per heavy atom. The van der Waals surface area contributed by atoms with Crippen molar-refractivity contribution in [3.8, 4) is 5.75 Å². The molecule has 0 unspecified atom stereocenters. The molecule has 468 valence electrons. The van der Waals surface area contributed by atoms with Gasteiger partial charge in [0.2, 0.25) is 23.6 Å². The van der Waals surface area contributed by atoms with Gasteiger partial charge in [-0.25, -0.2) is 14.4 Å². The third kappa shape index (κ3) is 16.8. The van der Waals surface area contributed by atoms with Gasteiger partial charge < -0.3 is 65.6 Å². The number of rotatable bonds is 22. The Labute approximate surface area is 505 Å². The van der Waals surface area contributed by atoms with Crippen molar-refractivity contribution in [3.05, 3.63) is 88.5 Å². The Balaban J connectivity index is 1.20. The quantitative estimate of drug-likeness (QED) is 0.0373. The van der Waals surface area contributed by atoms with Crippen LogP contribution in [-0.4, -0.2) is 170 Å². The number of hydrogen-bond acceptors (Lipinski definition) is 16. The molecule has 86 heavy (non-hydrogen) atoms. The fourth-order valence-electron chi connectivity index (χ4n) is 10.6. The first-order chi connectivity index (χ1) is 40.6. The lowest BCUT2D eigenvalue weighted by Crippen LogP contribution is -2.63. The molecule has 10 atom stereocenters. The lowest BCUT2D eigenvalue weighted by molar-refractivity contribution is -0.158. The molecule has 10 amide bonds. The molecule has 2 aromatic carbocycles. The minimum Gasteiger partial charge on any atom is -0.495 e. The first-order valence-corrected chi connectivity index (χ1v) is 28.9. The van der Waals surface area contributed by atoms with Crippen LogP contribution in [0.5, 0.6) is 5.75 Å². The third-order valence-electron chi connectivity index (χ3n) is 15.9. The van der Waals surface area contributed by atoms with Gasteiger partial charge in [-0.05, 0) is 88.6 Å². The van der Waals surface area contributed by atoms with Crippen LogP contribution >= 0.6 is 11.6 Å². The van der Waals surface area contributed by atoms with E-state index in [2.05, 4.69) is 26.6 Å². The summed E-state index contributed by atoms with van der Waals surface area (Å²) in [5, 5.41) is 25.2. The first kappa shape index (κ1) is 67.3. The number of allylic oxidation sites excluding steroid dienone is 3. The van der Waals surface area contributed by atoms with E-state index in [1.54, 1.807) is 58.0 Å². The molecule has 0 spiro atoms. The smallest absolute Gasteiger partial charge is 0.409 e. The van der Waals surface area contributed by atoms with E-state index in [1.807, 2.05) is 13.0 Å². The van der Waals surface area contributed by atoms with Crippen molar-refractivity contribution in [1.82, 2.24) is 31.1 Å². The number of ether oxygens (including phenoxy) is 5. The van der Waals surface area contributed by atoms with Gasteiger partial charge in [0.15, 0.2) is 5.72 Å². The summed E-state index contributed by atoms with van der Waals surface area (Å²) in [6, 6.07) is 4.92. The van der Waals surface area contributed by atoms with Crippen molar-refractivity contribution >= 4 is 82.4 Å². The van der Waals surface area contributed by atoms with Gasteiger partial charge in [-0.15, -0.1) is 0 Å². The first-order valence-electron chi connectivity index (χ1n) is 28.6. The minimum absolute atomic E-state index is 0.000560. The van der Waals surface area contributed by atoms with Crippen molar-refractivity contribution in [2.75, 3.05) is 51.6 Å². The Morgan fingerprint density at radius 1 is 0.977 bits per heavy atom. The molecule has 6 rings (SSSR count). The standard InChI is InChI=1S/C60H80ClN9O16/c1-33(2)51(66-46(71)23-12-11-15-27-70-47(72)24-25-48(70)73)54(76)65-40(21-17-26-63-57(62)79)53(75)64-39-20-14-13-19-38(39)55(77)68(7)36(5)56(78)85-45-31-49(74)69(8)41-29-37(30-42(82-9)50(41)61)28-34(3)18-16-22-44(83-10)60(81)32-43(84-58(80)67-60)35(4)52-59(45,6)86-52/h13-14,16,18-20,22,24-25,29-30,33,35-36,40,43-45,51-52,81H,11-12,15,17,21,23,26-28,31-32H2,1-10H3,(H,64,75)(H,65,76)(H,66,71)(H,67,80)(H3,62,63,79)/b22-16+,34-18+/t35-,36+,40+,43+,44-,45+,51+,52+,59+,60+/m1/s1. The van der Waals surface area contributed by atoms with E-state index in [4.69, 9.17) is 41.0 Å². The number of esters is 1. The number of para-hydroxylation sites is 1. The van der Waals surface area contributed by atoms with Crippen LogP contribution in [0.3, 0.4) is 0 Å². The number of fused-ring (bicyclic) bond motifs is 5. The number of anilines is 2. The number of urea groups is 1. The van der Waals surface area contributed by atoms with Crippen LogP contribution in [0.15, 0.2) is 72.4 Å². The van der Waals surface area contributed by atoms with Gasteiger partial charge in [0.25, 0.3) is 17.7 Å². The summed E-state index contributed by atoms with van der Waals surface area (Å²) < 4.78 is 29.6. The minimum atomic E-state index is -1.93. The highest BCUT2D eigenvalue weighted by atomic mass is 35.5. The molecule has 26 heteroatoms. The van der Waals surface area contributed by atoms with Gasteiger partial charge in [-0.1, -0.05) is 74.7 Å². The number of unbranched alkanes of at least 4 members (excludes halogenated alkanes) is 2. The summed E-state index contributed by atoms with van der Waals surface area (Å²) in [6.07, 6.45) is 3.80. The summed E-state index contributed by atoms with van der Waals surface area (Å²) in [7, 11) is 5.70. The van der Waals surface area contributed by atoms with Crippen LogP contribution in [0.1, 0.15) is 109 Å². The number of amides is 10. The van der Waals surface area contributed by atoms with E-state index >= 15 is 0 Å². The maximum Gasteiger partial charge on any atom is 0.409 e. The number of nitrogens with two attached hydrogens (primary N) is 1. The Morgan fingerprint density at radius 2 is 1.67 bits per heavy atom. The van der Waals surface area contributed by atoms with E-state index in [0.29, 0.717) is 37.1 Å². The maximum absolute atomic E-state index is 14.6. The molecule has 25 nitrogen and oxygen atoms in total. The van der Waals surface area contributed by atoms with E-state index < -0.39 is 132 Å². The number of benzene rings is 2. The van der Waals surface area contributed by atoms with Crippen molar-refractivity contribution in [2.45, 2.75) is 153 Å². The molecule has 4 aliphatic rings. The maximum atomic E-state index is 14.6. The monoisotopic (exact) mass is 1220 g/mol. The number of carbonyl (C=O) groups excluding carboxylic acids is 10. The molecule has 2 fully saturated rings. The van der Waals surface area contributed by atoms with E-state index in [1.165, 1.54) is 70.5 Å². The van der Waals surface area contributed by atoms with Crippen molar-refractivity contribution < 1.29 is 76.7 Å². The van der Waals surface area contributed by atoms with Gasteiger partial charge in [-0.2, -0.15) is 0 Å². The van der Waals surface area contributed by atoms with E-state index in [0.717, 1.165) is 20.9 Å². The molecule has 0 aliphatic carbocycles. The number of methoxy groups -OCH3 is 2. The second kappa shape index (κ2) is 29.5. The Kier molecular flexibility index (Phi) is 23.1. The number of likely N-dealkylation sites (N-methyl/N-ethyl adjacent to an activating group) is 1. The number of carbonyl (C=O) groups is 10. The number of halogens is 1. The summed E-state index contributed by atoms with van der Waals surface area (Å²) in [5.74, 6) is -5.73. The predicted octanol–water partition coefficient (Wildman–Crippen LogP) is 4.33. The molecule has 8 N–H and O–H groups in total. The van der Waals surface area contributed by atoms with Gasteiger partial charge in [0.1, 0.15) is 52.8 Å². The fourth-order valence-corrected chi connectivity index (χ4v) is 10.9. The van der Waals surface area contributed by atoms with Crippen molar-refractivity contribution in [3.63, 3.8) is 0 Å². The molecule has 4 aliphatic heterocycles.